The Hall–Kier alpha value is -0.510. The van der Waals surface area contributed by atoms with Crippen LogP contribution in [0.2, 0.25) is 0 Å². The highest BCUT2D eigenvalue weighted by molar-refractivity contribution is 4.88. The van der Waals surface area contributed by atoms with Gasteiger partial charge in [-0.1, -0.05) is 0 Å². The Morgan fingerprint density at radius 3 is 1.79 bits per heavy atom. The average Bonchev–Trinajstić information content (AvgIpc) is 2.34. The van der Waals surface area contributed by atoms with Gasteiger partial charge in [0.2, 0.25) is 0 Å². The summed E-state index contributed by atoms with van der Waals surface area (Å²) >= 11 is 0. The molecule has 9 heteroatoms. The number of halogens is 5. The van der Waals surface area contributed by atoms with E-state index in [-0.39, 0.29) is 12.8 Å². The summed E-state index contributed by atoms with van der Waals surface area (Å²) in [6.45, 7) is -0.755. The van der Waals surface area contributed by atoms with Crippen molar-refractivity contribution in [1.29, 1.82) is 0 Å². The fraction of sp³-hybridized carbons (Fsp3) is 1.00. The second-order valence-electron chi connectivity index (χ2n) is 4.17. The second kappa shape index (κ2) is 7.93. The van der Waals surface area contributed by atoms with Crippen molar-refractivity contribution in [2.45, 2.75) is 56.0 Å². The van der Waals surface area contributed by atoms with Gasteiger partial charge in [0.25, 0.3) is 0 Å². The molecule has 116 valence electrons. The normalized spacial score (nSPS) is 20.7. The van der Waals surface area contributed by atoms with E-state index >= 15 is 0 Å². The van der Waals surface area contributed by atoms with E-state index in [0.29, 0.717) is 0 Å². The van der Waals surface area contributed by atoms with Crippen molar-refractivity contribution in [3.05, 3.63) is 0 Å². The number of alkyl halides is 5. The molecule has 0 aliphatic carbocycles. The maximum absolute atomic E-state index is 13.2. The van der Waals surface area contributed by atoms with Gasteiger partial charge in [-0.3, -0.25) is 4.39 Å². The molecule has 0 aliphatic rings. The third kappa shape index (κ3) is 5.98. The first kappa shape index (κ1) is 18.5. The molecule has 0 saturated heterocycles. The Labute approximate surface area is 106 Å². The first-order valence-corrected chi connectivity index (χ1v) is 5.60. The molecule has 0 saturated carbocycles. The van der Waals surface area contributed by atoms with Gasteiger partial charge in [-0.25, -0.2) is 17.6 Å². The summed E-state index contributed by atoms with van der Waals surface area (Å²) in [5, 5.41) is 34.0. The largest absolute Gasteiger partial charge is 0.382 e. The number of unbranched alkanes of at least 4 members (excludes halogenated alkanes) is 1. The molecule has 19 heavy (non-hydrogen) atoms. The van der Waals surface area contributed by atoms with E-state index in [1.54, 1.807) is 0 Å². The van der Waals surface area contributed by atoms with Crippen LogP contribution < -0.4 is 0 Å². The van der Waals surface area contributed by atoms with Crippen molar-refractivity contribution in [2.75, 3.05) is 6.67 Å². The first-order valence-electron chi connectivity index (χ1n) is 5.60. The van der Waals surface area contributed by atoms with Crippen LogP contribution in [0.25, 0.3) is 0 Å². The molecule has 4 N–H and O–H groups in total. The van der Waals surface area contributed by atoms with Crippen molar-refractivity contribution in [1.82, 2.24) is 0 Å². The maximum atomic E-state index is 13.2. The topological polar surface area (TPSA) is 80.9 Å². The molecule has 4 nitrogen and oxygen atoms in total. The number of hydrogen-bond donors (Lipinski definition) is 4. The molecule has 0 rings (SSSR count). The minimum atomic E-state index is -3.97. The van der Waals surface area contributed by atoms with E-state index in [0.717, 1.165) is 0 Å². The molecule has 0 bridgehead atoms. The van der Waals surface area contributed by atoms with E-state index < -0.39 is 49.9 Å². The smallest absolute Gasteiger partial charge is 0.306 e. The molecular formula is C10H17F5O4. The van der Waals surface area contributed by atoms with Crippen molar-refractivity contribution >= 4 is 0 Å². The highest BCUT2D eigenvalue weighted by Gasteiger charge is 2.46. The second-order valence-corrected chi connectivity index (χ2v) is 4.17. The third-order valence-electron chi connectivity index (χ3n) is 2.52. The quantitative estimate of drug-likeness (QED) is 0.283. The van der Waals surface area contributed by atoms with E-state index in [1.165, 1.54) is 0 Å². The van der Waals surface area contributed by atoms with Crippen molar-refractivity contribution < 1.29 is 42.4 Å². The van der Waals surface area contributed by atoms with Gasteiger partial charge in [0.15, 0.2) is 24.6 Å². The Morgan fingerprint density at radius 1 is 0.842 bits per heavy atom. The van der Waals surface area contributed by atoms with E-state index in [2.05, 4.69) is 0 Å². The van der Waals surface area contributed by atoms with E-state index in [9.17, 15) is 22.0 Å². The highest BCUT2D eigenvalue weighted by Crippen LogP contribution is 2.25. The molecule has 0 amide bonds. The number of aliphatic hydroxyl groups is 4. The molecular weight excluding hydrogens is 279 g/mol. The molecule has 0 aromatic carbocycles. The zero-order valence-electron chi connectivity index (χ0n) is 9.89. The predicted molar refractivity (Wildman–Crippen MR) is 54.8 cm³/mol. The third-order valence-corrected chi connectivity index (χ3v) is 2.52. The Bertz CT molecular complexity index is 251. The molecule has 0 heterocycles. The molecule has 5 atom stereocenters. The van der Waals surface area contributed by atoms with Crippen LogP contribution in [-0.4, -0.2) is 63.9 Å². The Kier molecular flexibility index (Phi) is 7.72. The molecule has 5 unspecified atom stereocenters. The fourth-order valence-electron chi connectivity index (χ4n) is 1.36. The van der Waals surface area contributed by atoms with Crippen molar-refractivity contribution in [3.8, 4) is 0 Å². The minimum Gasteiger partial charge on any atom is -0.382 e. The zero-order chi connectivity index (χ0) is 15.2. The maximum Gasteiger partial charge on any atom is 0.306 e. The summed E-state index contributed by atoms with van der Waals surface area (Å²) in [7, 11) is 0. The van der Waals surface area contributed by atoms with Gasteiger partial charge < -0.3 is 20.4 Å². The molecule has 0 spiro atoms. The SMILES string of the molecule is OC(C(F)C(F)C(F)C(F)CCCCF)C(O)(O)O. The molecule has 0 aromatic rings. The van der Waals surface area contributed by atoms with Crippen LogP contribution in [0, 0.1) is 0 Å². The van der Waals surface area contributed by atoms with Crippen LogP contribution >= 0.6 is 0 Å². The molecule has 0 aliphatic heterocycles. The van der Waals surface area contributed by atoms with Crippen LogP contribution in [0.5, 0.6) is 0 Å². The van der Waals surface area contributed by atoms with Gasteiger partial charge in [0.05, 0.1) is 6.67 Å². The molecule has 0 fully saturated rings. The number of aliphatic hydroxyl groups excluding tert-OH is 1. The predicted octanol–water partition coefficient (Wildman–Crippen LogP) is 0.470. The Balaban J connectivity index is 4.41. The van der Waals surface area contributed by atoms with Crippen molar-refractivity contribution in [3.63, 3.8) is 0 Å². The molecule has 0 radical (unpaired) electrons. The van der Waals surface area contributed by atoms with Crippen molar-refractivity contribution in [2.24, 2.45) is 0 Å². The lowest BCUT2D eigenvalue weighted by Crippen LogP contribution is -2.53. The van der Waals surface area contributed by atoms with E-state index in [1.807, 2.05) is 0 Å². The van der Waals surface area contributed by atoms with Gasteiger partial charge >= 0.3 is 5.97 Å². The van der Waals surface area contributed by atoms with E-state index in [4.69, 9.17) is 20.4 Å². The van der Waals surface area contributed by atoms with Crippen LogP contribution in [0.1, 0.15) is 19.3 Å². The first-order chi connectivity index (χ1) is 8.62. The number of hydrogen-bond acceptors (Lipinski definition) is 4. The summed E-state index contributed by atoms with van der Waals surface area (Å²) in [4.78, 5) is 0. The summed E-state index contributed by atoms with van der Waals surface area (Å²) in [6.07, 6.45) is -15.6. The minimum absolute atomic E-state index is 0.0567. The van der Waals surface area contributed by atoms with Crippen LogP contribution in [0.15, 0.2) is 0 Å². The van der Waals surface area contributed by atoms with Gasteiger partial charge in [0.1, 0.15) is 6.17 Å². The highest BCUT2D eigenvalue weighted by atomic mass is 19.2. The summed E-state index contributed by atoms with van der Waals surface area (Å²) in [6, 6.07) is 0. The number of rotatable bonds is 9. The lowest BCUT2D eigenvalue weighted by molar-refractivity contribution is -0.365. The monoisotopic (exact) mass is 296 g/mol. The van der Waals surface area contributed by atoms with Crippen LogP contribution in [0.4, 0.5) is 22.0 Å². The molecule has 0 aromatic heterocycles. The lowest BCUT2D eigenvalue weighted by Gasteiger charge is -2.28. The summed E-state index contributed by atoms with van der Waals surface area (Å²) in [5.41, 5.74) is 0. The average molecular weight is 296 g/mol. The van der Waals surface area contributed by atoms with Gasteiger partial charge in [-0.15, -0.1) is 0 Å². The van der Waals surface area contributed by atoms with Gasteiger partial charge in [-0.05, 0) is 19.3 Å². The Morgan fingerprint density at radius 2 is 1.37 bits per heavy atom. The fourth-order valence-corrected chi connectivity index (χ4v) is 1.36. The van der Waals surface area contributed by atoms with Crippen LogP contribution in [-0.2, 0) is 0 Å². The van der Waals surface area contributed by atoms with Crippen LogP contribution in [0.3, 0.4) is 0 Å². The van der Waals surface area contributed by atoms with Gasteiger partial charge in [-0.2, -0.15) is 0 Å². The summed E-state index contributed by atoms with van der Waals surface area (Å²) < 4.78 is 64.3. The van der Waals surface area contributed by atoms with Gasteiger partial charge in [0, 0.05) is 0 Å². The standard InChI is InChI=1S/C10H17F5O4/c11-4-2-1-3-5(12)6(13)7(14)8(15)9(16)10(17,18)19/h5-9,16-19H,1-4H2. The summed E-state index contributed by atoms with van der Waals surface area (Å²) in [5.74, 6) is -3.97. The lowest BCUT2D eigenvalue weighted by atomic mass is 9.99. The zero-order valence-corrected chi connectivity index (χ0v) is 9.89.